The normalized spacial score (nSPS) is 12.1. The highest BCUT2D eigenvalue weighted by molar-refractivity contribution is 7.89. The van der Waals surface area contributed by atoms with Crippen molar-refractivity contribution in [3.05, 3.63) is 36.0 Å². The number of hydrogen-bond acceptors (Lipinski definition) is 4. The number of hydrogen-bond donors (Lipinski definition) is 1. The van der Waals surface area contributed by atoms with Crippen LogP contribution < -0.4 is 5.32 Å². The van der Waals surface area contributed by atoms with Gasteiger partial charge in [0.2, 0.25) is 0 Å². The topological polar surface area (TPSA) is 62.3 Å². The second kappa shape index (κ2) is 6.97. The zero-order valence-electron chi connectivity index (χ0n) is 12.5. The first-order valence-corrected chi connectivity index (χ1v) is 7.96. The van der Waals surface area contributed by atoms with E-state index in [1.165, 1.54) is 11.4 Å². The minimum absolute atomic E-state index is 0.0644. The van der Waals surface area contributed by atoms with Crippen molar-refractivity contribution in [2.75, 3.05) is 13.6 Å². The Morgan fingerprint density at radius 2 is 2.10 bits per heavy atom. The molecule has 0 bridgehead atoms. The van der Waals surface area contributed by atoms with Crippen LogP contribution in [0.5, 0.6) is 0 Å². The summed E-state index contributed by atoms with van der Waals surface area (Å²) in [5.41, 5.74) is 1.74. The van der Waals surface area contributed by atoms with Gasteiger partial charge in [-0.2, -0.15) is 4.31 Å². The van der Waals surface area contributed by atoms with Gasteiger partial charge in [0.1, 0.15) is 0 Å². The molecular formula is C14H23N3O2S. The maximum Gasteiger partial charge on any atom is 0.260 e. The van der Waals surface area contributed by atoms with Crippen LogP contribution >= 0.6 is 0 Å². The smallest absolute Gasteiger partial charge is 0.260 e. The van der Waals surface area contributed by atoms with Crippen LogP contribution in [-0.4, -0.2) is 37.3 Å². The van der Waals surface area contributed by atoms with Crippen LogP contribution in [0.25, 0.3) is 0 Å². The van der Waals surface area contributed by atoms with Crippen molar-refractivity contribution < 1.29 is 8.42 Å². The van der Waals surface area contributed by atoms with Gasteiger partial charge in [-0.3, -0.25) is 0 Å². The molecule has 112 valence electrons. The molecule has 0 atom stereocenters. The largest absolute Gasteiger partial charge is 0.310 e. The molecular weight excluding hydrogens is 274 g/mol. The van der Waals surface area contributed by atoms with E-state index < -0.39 is 10.0 Å². The van der Waals surface area contributed by atoms with Gasteiger partial charge in [-0.05, 0) is 18.6 Å². The van der Waals surface area contributed by atoms with Gasteiger partial charge in [0, 0.05) is 32.4 Å². The molecule has 20 heavy (non-hydrogen) atoms. The predicted molar refractivity (Wildman–Crippen MR) is 80.8 cm³/mol. The number of sulfonamides is 1. The van der Waals surface area contributed by atoms with Crippen LogP contribution in [0, 0.1) is 0 Å². The zero-order chi connectivity index (χ0) is 15.3. The minimum atomic E-state index is -3.54. The van der Waals surface area contributed by atoms with E-state index in [4.69, 9.17) is 0 Å². The monoisotopic (exact) mass is 297 g/mol. The molecule has 0 spiro atoms. The fourth-order valence-corrected chi connectivity index (χ4v) is 2.75. The molecule has 0 amide bonds. The van der Waals surface area contributed by atoms with Gasteiger partial charge in [0.15, 0.2) is 5.03 Å². The molecule has 0 unspecified atom stereocenters. The zero-order valence-corrected chi connectivity index (χ0v) is 13.4. The fraction of sp³-hybridized carbons (Fsp3) is 0.500. The van der Waals surface area contributed by atoms with Crippen LogP contribution in [0.1, 0.15) is 26.3 Å². The van der Waals surface area contributed by atoms with Gasteiger partial charge in [-0.15, -0.1) is 0 Å². The van der Waals surface area contributed by atoms with E-state index in [1.807, 2.05) is 0 Å². The Morgan fingerprint density at radius 1 is 1.45 bits per heavy atom. The van der Waals surface area contributed by atoms with Gasteiger partial charge in [0.25, 0.3) is 10.0 Å². The Bertz CT molecular complexity index is 550. The highest BCUT2D eigenvalue weighted by Gasteiger charge is 2.21. The summed E-state index contributed by atoms with van der Waals surface area (Å²) in [7, 11) is -2.01. The number of likely N-dealkylation sites (N-methyl/N-ethyl adjacent to an activating group) is 1. The van der Waals surface area contributed by atoms with Gasteiger partial charge >= 0.3 is 0 Å². The molecule has 0 aliphatic rings. The van der Waals surface area contributed by atoms with Gasteiger partial charge < -0.3 is 5.32 Å². The first-order valence-electron chi connectivity index (χ1n) is 6.52. The van der Waals surface area contributed by atoms with Crippen molar-refractivity contribution in [2.24, 2.45) is 0 Å². The molecule has 5 nitrogen and oxygen atoms in total. The molecule has 0 fully saturated rings. The lowest BCUT2D eigenvalue weighted by Gasteiger charge is -2.16. The summed E-state index contributed by atoms with van der Waals surface area (Å²) in [5, 5.41) is 3.32. The minimum Gasteiger partial charge on any atom is -0.310 e. The Balaban J connectivity index is 2.84. The van der Waals surface area contributed by atoms with E-state index in [1.54, 1.807) is 25.3 Å². The van der Waals surface area contributed by atoms with Gasteiger partial charge in [-0.1, -0.05) is 32.1 Å². The number of aromatic nitrogens is 1. The summed E-state index contributed by atoms with van der Waals surface area (Å²) in [6, 6.07) is 3.70. The van der Waals surface area contributed by atoms with Crippen molar-refractivity contribution in [3.8, 4) is 0 Å². The molecule has 6 heteroatoms. The number of nitrogens with one attached hydrogen (secondary N) is 1. The molecule has 0 aromatic carbocycles. The Kier molecular flexibility index (Phi) is 5.86. The lowest BCUT2D eigenvalue weighted by atomic mass is 10.2. The summed E-state index contributed by atoms with van der Waals surface area (Å²) in [4.78, 5) is 4.06. The van der Waals surface area contributed by atoms with E-state index >= 15 is 0 Å². The summed E-state index contributed by atoms with van der Waals surface area (Å²) in [6.07, 6.45) is 1.59. The summed E-state index contributed by atoms with van der Waals surface area (Å²) in [6.45, 7) is 10.6. The highest BCUT2D eigenvalue weighted by atomic mass is 32.2. The third kappa shape index (κ3) is 4.70. The molecule has 1 heterocycles. The first kappa shape index (κ1) is 16.8. The van der Waals surface area contributed by atoms with E-state index in [0.29, 0.717) is 19.1 Å². The maximum absolute atomic E-state index is 12.3. The lowest BCUT2D eigenvalue weighted by Crippen LogP contribution is -2.29. The Labute approximate surface area is 121 Å². The van der Waals surface area contributed by atoms with Crippen LogP contribution in [-0.2, 0) is 16.6 Å². The van der Waals surface area contributed by atoms with Crippen molar-refractivity contribution in [3.63, 3.8) is 0 Å². The molecule has 0 radical (unpaired) electrons. The highest BCUT2D eigenvalue weighted by Crippen LogP contribution is 2.13. The van der Waals surface area contributed by atoms with Crippen LogP contribution in [0.2, 0.25) is 0 Å². The fourth-order valence-electron chi connectivity index (χ4n) is 1.61. The maximum atomic E-state index is 12.3. The molecule has 0 aliphatic carbocycles. The first-order chi connectivity index (χ1) is 9.23. The van der Waals surface area contributed by atoms with Gasteiger partial charge in [-0.25, -0.2) is 13.4 Å². The van der Waals surface area contributed by atoms with Crippen LogP contribution in [0.15, 0.2) is 35.5 Å². The number of rotatable bonds is 7. The van der Waals surface area contributed by atoms with Crippen LogP contribution in [0.3, 0.4) is 0 Å². The molecule has 0 aliphatic heterocycles. The van der Waals surface area contributed by atoms with Crippen molar-refractivity contribution in [1.82, 2.24) is 14.6 Å². The molecule has 0 saturated heterocycles. The van der Waals surface area contributed by atoms with E-state index in [9.17, 15) is 8.42 Å². The summed E-state index contributed by atoms with van der Waals surface area (Å²) >= 11 is 0. The molecule has 0 saturated carbocycles. The Morgan fingerprint density at radius 3 is 2.55 bits per heavy atom. The molecule has 1 rings (SSSR count). The van der Waals surface area contributed by atoms with Crippen molar-refractivity contribution in [1.29, 1.82) is 0 Å². The predicted octanol–water partition coefficient (Wildman–Crippen LogP) is 1.78. The Hall–Kier alpha value is -1.24. The molecule has 1 aromatic heterocycles. The van der Waals surface area contributed by atoms with E-state index in [-0.39, 0.29) is 5.03 Å². The molecule has 1 N–H and O–H groups in total. The summed E-state index contributed by atoms with van der Waals surface area (Å²) in [5.74, 6) is 0. The molecule has 1 aromatic rings. The SMILES string of the molecule is C=C(C)CN(C)S(=O)(=O)c1ccc(CNC(C)C)cn1. The van der Waals surface area contributed by atoms with Crippen molar-refractivity contribution >= 4 is 10.0 Å². The number of nitrogens with zero attached hydrogens (tertiary/aromatic N) is 2. The van der Waals surface area contributed by atoms with E-state index in [0.717, 1.165) is 11.1 Å². The van der Waals surface area contributed by atoms with Gasteiger partial charge in [0.05, 0.1) is 0 Å². The van der Waals surface area contributed by atoms with Crippen molar-refractivity contribution in [2.45, 2.75) is 38.4 Å². The second-order valence-electron chi connectivity index (χ2n) is 5.26. The second-order valence-corrected chi connectivity index (χ2v) is 7.25. The lowest BCUT2D eigenvalue weighted by molar-refractivity contribution is 0.489. The van der Waals surface area contributed by atoms with Crippen LogP contribution in [0.4, 0.5) is 0 Å². The third-order valence-electron chi connectivity index (χ3n) is 2.68. The average molecular weight is 297 g/mol. The standard InChI is InChI=1S/C14H23N3O2S/c1-11(2)10-17(5)20(18,19)14-7-6-13(9-16-14)8-15-12(3)4/h6-7,9,12,15H,1,8,10H2,2-5H3. The quantitative estimate of drug-likeness (QED) is 0.779. The summed E-state index contributed by atoms with van der Waals surface area (Å²) < 4.78 is 25.8. The van der Waals surface area contributed by atoms with E-state index in [2.05, 4.69) is 30.7 Å². The third-order valence-corrected chi connectivity index (χ3v) is 4.40. The average Bonchev–Trinajstić information content (AvgIpc) is 2.36. The number of pyridine rings is 1.